The highest BCUT2D eigenvalue weighted by Crippen LogP contribution is 2.27. The fourth-order valence-corrected chi connectivity index (χ4v) is 2.75. The smallest absolute Gasteiger partial charge is 0.258 e. The van der Waals surface area contributed by atoms with E-state index in [1.54, 1.807) is 35.2 Å². The maximum Gasteiger partial charge on any atom is 0.258 e. The molecule has 0 atom stereocenters. The van der Waals surface area contributed by atoms with Crippen molar-refractivity contribution < 1.29 is 9.59 Å². The minimum absolute atomic E-state index is 0.0952. The van der Waals surface area contributed by atoms with Gasteiger partial charge in [-0.3, -0.25) is 9.59 Å². The number of anilines is 2. The van der Waals surface area contributed by atoms with E-state index in [1.807, 2.05) is 18.2 Å². The normalized spacial score (nSPS) is 14.9. The molecule has 4 nitrogen and oxygen atoms in total. The monoisotopic (exact) mass is 294 g/mol. The third-order valence-electron chi connectivity index (χ3n) is 3.93. The van der Waals surface area contributed by atoms with E-state index < -0.39 is 0 Å². The lowest BCUT2D eigenvalue weighted by atomic mass is 9.99. The molecule has 0 unspecified atom stereocenters. The van der Waals surface area contributed by atoms with Crippen LogP contribution in [0, 0.1) is 0 Å². The van der Waals surface area contributed by atoms with Gasteiger partial charge in [-0.05, 0) is 49.2 Å². The molecule has 1 aliphatic rings. The minimum Gasteiger partial charge on any atom is -0.399 e. The summed E-state index contributed by atoms with van der Waals surface area (Å²) < 4.78 is 0. The van der Waals surface area contributed by atoms with E-state index in [1.165, 1.54) is 0 Å². The van der Waals surface area contributed by atoms with E-state index in [0.29, 0.717) is 35.5 Å². The summed E-state index contributed by atoms with van der Waals surface area (Å²) in [4.78, 5) is 26.8. The fraction of sp³-hybridized carbons (Fsp3) is 0.222. The number of nitrogens with zero attached hydrogens (tertiary/aromatic N) is 1. The van der Waals surface area contributed by atoms with Crippen LogP contribution in [0.1, 0.15) is 40.0 Å². The first-order chi connectivity index (χ1) is 10.7. The zero-order valence-corrected chi connectivity index (χ0v) is 12.3. The van der Waals surface area contributed by atoms with E-state index in [4.69, 9.17) is 5.73 Å². The van der Waals surface area contributed by atoms with Gasteiger partial charge in [0.15, 0.2) is 5.78 Å². The van der Waals surface area contributed by atoms with Crippen molar-refractivity contribution in [2.45, 2.75) is 19.3 Å². The van der Waals surface area contributed by atoms with Crippen LogP contribution in [0.15, 0.2) is 48.5 Å². The van der Waals surface area contributed by atoms with Gasteiger partial charge in [-0.15, -0.1) is 0 Å². The Morgan fingerprint density at radius 1 is 1.00 bits per heavy atom. The third-order valence-corrected chi connectivity index (χ3v) is 3.93. The number of amides is 1. The molecule has 2 N–H and O–H groups in total. The van der Waals surface area contributed by atoms with Gasteiger partial charge in [0.05, 0.1) is 5.69 Å². The lowest BCUT2D eigenvalue weighted by molar-refractivity contribution is 0.0972. The Hall–Kier alpha value is -2.62. The van der Waals surface area contributed by atoms with Crippen LogP contribution in [0.3, 0.4) is 0 Å². The van der Waals surface area contributed by atoms with Crippen molar-refractivity contribution in [1.29, 1.82) is 0 Å². The van der Waals surface area contributed by atoms with Crippen LogP contribution < -0.4 is 10.6 Å². The second kappa shape index (κ2) is 6.02. The van der Waals surface area contributed by atoms with Crippen molar-refractivity contribution in [2.24, 2.45) is 0 Å². The van der Waals surface area contributed by atoms with E-state index in [2.05, 4.69) is 0 Å². The number of ketones is 1. The highest BCUT2D eigenvalue weighted by atomic mass is 16.2. The number of fused-ring (bicyclic) bond motifs is 1. The molecule has 4 heteroatoms. The second-order valence-corrected chi connectivity index (χ2v) is 5.48. The number of para-hydroxylation sites is 1. The first-order valence-electron chi connectivity index (χ1n) is 7.46. The largest absolute Gasteiger partial charge is 0.399 e. The predicted octanol–water partition coefficient (Wildman–Crippen LogP) is 3.28. The van der Waals surface area contributed by atoms with Crippen LogP contribution >= 0.6 is 0 Å². The molecule has 2 aromatic carbocycles. The lowest BCUT2D eigenvalue weighted by Gasteiger charge is -2.27. The van der Waals surface area contributed by atoms with Crippen LogP contribution in [0.5, 0.6) is 0 Å². The van der Waals surface area contributed by atoms with Crippen LogP contribution in [-0.4, -0.2) is 18.2 Å². The molecule has 112 valence electrons. The molecule has 1 amide bonds. The quantitative estimate of drug-likeness (QED) is 0.821. The molecule has 2 aromatic rings. The molecule has 22 heavy (non-hydrogen) atoms. The summed E-state index contributed by atoms with van der Waals surface area (Å²) in [5.74, 6) is 0.00700. The number of hydrogen-bond acceptors (Lipinski definition) is 3. The molecule has 0 bridgehead atoms. The van der Waals surface area contributed by atoms with Crippen LogP contribution in [-0.2, 0) is 0 Å². The molecule has 0 aliphatic carbocycles. The van der Waals surface area contributed by atoms with Crippen molar-refractivity contribution in [2.75, 3.05) is 17.2 Å². The molecule has 0 spiro atoms. The van der Waals surface area contributed by atoms with E-state index >= 15 is 0 Å². The van der Waals surface area contributed by atoms with Crippen molar-refractivity contribution in [3.8, 4) is 0 Å². The molecular formula is C18H18N2O2. The number of Topliss-reactive ketones (excluding diaryl/α,β-unsaturated/α-hetero) is 1. The molecule has 3 rings (SSSR count). The van der Waals surface area contributed by atoms with Crippen LogP contribution in [0.4, 0.5) is 11.4 Å². The van der Waals surface area contributed by atoms with Crippen molar-refractivity contribution in [3.05, 3.63) is 59.7 Å². The molecule has 0 fully saturated rings. The average molecular weight is 294 g/mol. The Bertz CT molecular complexity index is 707. The number of nitrogen functional groups attached to an aromatic ring is 1. The maximum atomic E-state index is 12.8. The summed E-state index contributed by atoms with van der Waals surface area (Å²) in [6, 6.07) is 14.2. The van der Waals surface area contributed by atoms with Gasteiger partial charge in [-0.25, -0.2) is 0 Å². The number of rotatable bonds is 1. The van der Waals surface area contributed by atoms with Crippen molar-refractivity contribution in [3.63, 3.8) is 0 Å². The number of carbonyl (C=O) groups excluding carboxylic acids is 2. The van der Waals surface area contributed by atoms with Crippen molar-refractivity contribution in [1.82, 2.24) is 0 Å². The van der Waals surface area contributed by atoms with E-state index in [-0.39, 0.29) is 11.7 Å². The summed E-state index contributed by atoms with van der Waals surface area (Å²) in [5, 5.41) is 0. The minimum atomic E-state index is -0.0952. The van der Waals surface area contributed by atoms with Gasteiger partial charge in [-0.2, -0.15) is 0 Å². The maximum absolute atomic E-state index is 12.8. The first kappa shape index (κ1) is 14.3. The molecule has 1 aliphatic heterocycles. The summed E-state index contributed by atoms with van der Waals surface area (Å²) >= 11 is 0. The fourth-order valence-electron chi connectivity index (χ4n) is 2.75. The Labute approximate surface area is 129 Å². The molecule has 0 saturated carbocycles. The number of hydrogen-bond donors (Lipinski definition) is 1. The molecule has 0 radical (unpaired) electrons. The average Bonchev–Trinajstić information content (AvgIpc) is 2.53. The summed E-state index contributed by atoms with van der Waals surface area (Å²) in [5.41, 5.74) is 8.21. The molecular weight excluding hydrogens is 276 g/mol. The van der Waals surface area contributed by atoms with Gasteiger partial charge >= 0.3 is 0 Å². The van der Waals surface area contributed by atoms with Gasteiger partial charge in [0.1, 0.15) is 0 Å². The summed E-state index contributed by atoms with van der Waals surface area (Å²) in [7, 11) is 0. The summed E-state index contributed by atoms with van der Waals surface area (Å²) in [6.45, 7) is 0.619. The van der Waals surface area contributed by atoms with Gasteiger partial charge in [-0.1, -0.05) is 12.1 Å². The van der Waals surface area contributed by atoms with Crippen molar-refractivity contribution >= 4 is 23.1 Å². The SMILES string of the molecule is Nc1ccc(C(=O)N2CCCCC(=O)c3ccccc32)cc1. The predicted molar refractivity (Wildman–Crippen MR) is 87.2 cm³/mol. The summed E-state index contributed by atoms with van der Waals surface area (Å²) in [6.07, 6.45) is 2.17. The highest BCUT2D eigenvalue weighted by molar-refractivity contribution is 6.11. The Kier molecular flexibility index (Phi) is 3.92. The second-order valence-electron chi connectivity index (χ2n) is 5.48. The highest BCUT2D eigenvalue weighted by Gasteiger charge is 2.24. The molecule has 1 heterocycles. The topological polar surface area (TPSA) is 63.4 Å². The zero-order valence-electron chi connectivity index (χ0n) is 12.3. The number of nitrogens with two attached hydrogens (primary N) is 1. The Morgan fingerprint density at radius 2 is 1.73 bits per heavy atom. The number of carbonyl (C=O) groups is 2. The lowest BCUT2D eigenvalue weighted by Crippen LogP contribution is -2.34. The van der Waals surface area contributed by atoms with Gasteiger partial charge in [0.2, 0.25) is 0 Å². The van der Waals surface area contributed by atoms with E-state index in [0.717, 1.165) is 12.8 Å². The number of benzene rings is 2. The third kappa shape index (κ3) is 2.72. The van der Waals surface area contributed by atoms with E-state index in [9.17, 15) is 9.59 Å². The van der Waals surface area contributed by atoms with Crippen LogP contribution in [0.2, 0.25) is 0 Å². The van der Waals surface area contributed by atoms with Gasteiger partial charge < -0.3 is 10.6 Å². The first-order valence-corrected chi connectivity index (χ1v) is 7.46. The molecule has 0 saturated heterocycles. The Balaban J connectivity index is 2.02. The standard InChI is InChI=1S/C18H18N2O2/c19-14-10-8-13(9-11-14)18(22)20-12-4-3-7-17(21)15-5-1-2-6-16(15)20/h1-2,5-6,8-11H,3-4,7,12,19H2. The zero-order chi connectivity index (χ0) is 15.5. The molecule has 0 aromatic heterocycles. The van der Waals surface area contributed by atoms with Gasteiger partial charge in [0, 0.05) is 29.8 Å². The van der Waals surface area contributed by atoms with Crippen LogP contribution in [0.25, 0.3) is 0 Å². The Morgan fingerprint density at radius 3 is 2.50 bits per heavy atom. The van der Waals surface area contributed by atoms with Gasteiger partial charge in [0.25, 0.3) is 5.91 Å².